The molecule has 0 bridgehead atoms. The average Bonchev–Trinajstić information content (AvgIpc) is 1.85. The zero-order valence-corrected chi connectivity index (χ0v) is 6.83. The number of hydrogen-bond donors (Lipinski definition) is 1. The van der Waals surface area contributed by atoms with E-state index in [0.717, 1.165) is 0 Å². The van der Waals surface area contributed by atoms with Crippen LogP contribution in [0, 0.1) is 0 Å². The molecule has 0 aromatic heterocycles. The topological polar surface area (TPSA) is 58.2 Å². The van der Waals surface area contributed by atoms with Crippen LogP contribution in [-0.2, 0) is 9.94 Å². The smallest absolute Gasteiger partial charge is 0.230 e. The first-order valence-corrected chi connectivity index (χ1v) is 3.36. The van der Waals surface area contributed by atoms with E-state index in [1.807, 2.05) is 0 Å². The maximum absolute atomic E-state index is 9.65. The largest absolute Gasteiger partial charge is 0.474 e. The van der Waals surface area contributed by atoms with Crippen LogP contribution in [0.5, 0.6) is 0 Å². The van der Waals surface area contributed by atoms with Crippen molar-refractivity contribution < 1.29 is 14.7 Å². The summed E-state index contributed by atoms with van der Waals surface area (Å²) in [5, 5.41) is 9.65. The monoisotopic (exact) mass is 206 g/mol. The molecule has 0 spiro atoms. The minimum Gasteiger partial charge on any atom is -0.230 e. The van der Waals surface area contributed by atoms with Crippen LogP contribution < -0.4 is 5.48 Å². The van der Waals surface area contributed by atoms with E-state index in [4.69, 9.17) is 34.8 Å². The van der Waals surface area contributed by atoms with E-state index in [1.165, 1.54) is 5.48 Å². The van der Waals surface area contributed by atoms with Gasteiger partial charge in [0.25, 0.3) is 4.52 Å². The highest BCUT2D eigenvalue weighted by molar-refractivity contribution is 6.50. The Kier molecular flexibility index (Phi) is 4.12. The number of nitrogens with one attached hydrogen (secondary N) is 1. The molecule has 1 radical (unpaired) electrons. The van der Waals surface area contributed by atoms with Gasteiger partial charge in [0.15, 0.2) is 0 Å². The number of rotatable bonds is 3. The lowest BCUT2D eigenvalue weighted by Crippen LogP contribution is -2.32. The molecule has 59 valence electrons. The molecule has 0 heterocycles. The van der Waals surface area contributed by atoms with Crippen molar-refractivity contribution in [1.82, 2.24) is 5.48 Å². The van der Waals surface area contributed by atoms with Crippen LogP contribution in [0.25, 0.3) is 0 Å². The van der Waals surface area contributed by atoms with Crippen molar-refractivity contribution >= 4 is 40.9 Å². The molecule has 0 aliphatic carbocycles. The Labute approximate surface area is 72.0 Å². The van der Waals surface area contributed by atoms with E-state index in [0.29, 0.717) is 0 Å². The Hall–Kier alpha value is 0.1000. The molecule has 0 atom stereocenters. The molecule has 4 nitrogen and oxygen atoms in total. The minimum atomic E-state index is -1.75. The van der Waals surface area contributed by atoms with Crippen LogP contribution in [0.15, 0.2) is 0 Å². The zero-order chi connectivity index (χ0) is 8.20. The summed E-state index contributed by atoms with van der Waals surface area (Å²) in [6, 6.07) is 0. The summed E-state index contributed by atoms with van der Waals surface area (Å²) in [5.41, 5.74) is 1.39. The second-order valence-corrected chi connectivity index (χ2v) is 2.94. The number of halogens is 3. The summed E-state index contributed by atoms with van der Waals surface area (Å²) in [7, 11) is 0. The third kappa shape index (κ3) is 4.93. The van der Waals surface area contributed by atoms with Crippen LogP contribution in [0.4, 0.5) is 4.79 Å². The van der Waals surface area contributed by atoms with Gasteiger partial charge < -0.3 is 0 Å². The van der Waals surface area contributed by atoms with Crippen molar-refractivity contribution in [3.05, 3.63) is 0 Å². The van der Waals surface area contributed by atoms with Crippen LogP contribution in [0.1, 0.15) is 0 Å². The fourth-order valence-electron chi connectivity index (χ4n) is 0.144. The Morgan fingerprint density at radius 1 is 1.60 bits per heavy atom. The summed E-state index contributed by atoms with van der Waals surface area (Å²) < 4.78 is -1.75. The van der Waals surface area contributed by atoms with Gasteiger partial charge in [0, 0.05) is 0 Å². The van der Waals surface area contributed by atoms with E-state index in [1.54, 1.807) is 0 Å². The molecule has 0 aliphatic heterocycles. The number of hydroxylamine groups is 1. The maximum atomic E-state index is 9.65. The third-order valence-corrected chi connectivity index (χ3v) is 1.51. The fourth-order valence-corrected chi connectivity index (χ4v) is 0.275. The predicted molar refractivity (Wildman–Crippen MR) is 35.5 cm³/mol. The summed E-state index contributed by atoms with van der Waals surface area (Å²) in [5.74, 6) is -0.267. The third-order valence-electron chi connectivity index (χ3n) is 0.439. The van der Waals surface area contributed by atoms with Crippen molar-refractivity contribution in [3.8, 4) is 0 Å². The quantitative estimate of drug-likeness (QED) is 0.562. The molecule has 0 aliphatic rings. The fraction of sp³-hybridized carbons (Fsp3) is 0.667. The number of alkyl halides is 3. The molecule has 0 aromatic rings. The highest BCUT2D eigenvalue weighted by Gasteiger charge is 2.25. The van der Waals surface area contributed by atoms with Crippen molar-refractivity contribution in [2.45, 2.75) is 4.52 Å². The van der Waals surface area contributed by atoms with Crippen LogP contribution in [0.3, 0.4) is 0 Å². The maximum Gasteiger partial charge on any atom is 0.474 e. The Morgan fingerprint density at radius 3 is 2.40 bits per heavy atom. The van der Waals surface area contributed by atoms with Crippen molar-refractivity contribution in [2.75, 3.05) is 5.88 Å². The highest BCUT2D eigenvalue weighted by atomic mass is 35.5. The predicted octanol–water partition coefficient (Wildman–Crippen LogP) is 1.43. The summed E-state index contributed by atoms with van der Waals surface area (Å²) in [4.78, 5) is 13.8. The Balaban J connectivity index is 3.56. The molecule has 1 N–H and O–H groups in total. The van der Waals surface area contributed by atoms with Crippen LogP contribution in [0.2, 0.25) is 0 Å². The molecule has 0 saturated heterocycles. The Bertz CT molecular complexity index is 128. The molecular formula is C3H3Cl3NO3. The molecule has 0 saturated carbocycles. The average molecular weight is 207 g/mol. The molecule has 1 amide bonds. The normalized spacial score (nSPS) is 11.1. The number of amides is 1. The lowest BCUT2D eigenvalue weighted by Gasteiger charge is -2.13. The molecule has 0 unspecified atom stereocenters. The van der Waals surface area contributed by atoms with Gasteiger partial charge in [-0.1, -0.05) is 23.2 Å². The summed E-state index contributed by atoms with van der Waals surface area (Å²) in [6.45, 7) is 0. The summed E-state index contributed by atoms with van der Waals surface area (Å²) in [6.07, 6.45) is -1.64. The molecule has 0 fully saturated rings. The van der Waals surface area contributed by atoms with Crippen molar-refractivity contribution in [2.24, 2.45) is 0 Å². The van der Waals surface area contributed by atoms with Gasteiger partial charge in [-0.05, 0) is 0 Å². The SMILES string of the molecule is [O]C(=O)NOC(Cl)(Cl)CCl. The van der Waals surface area contributed by atoms with E-state index >= 15 is 0 Å². The van der Waals surface area contributed by atoms with Gasteiger partial charge in [-0.2, -0.15) is 5.48 Å². The molecule has 7 heteroatoms. The van der Waals surface area contributed by atoms with Gasteiger partial charge in [-0.3, -0.25) is 0 Å². The van der Waals surface area contributed by atoms with E-state index in [9.17, 15) is 9.90 Å². The van der Waals surface area contributed by atoms with Crippen molar-refractivity contribution in [3.63, 3.8) is 0 Å². The first-order valence-electron chi connectivity index (χ1n) is 2.07. The van der Waals surface area contributed by atoms with Crippen LogP contribution in [-0.4, -0.2) is 16.5 Å². The summed E-state index contributed by atoms with van der Waals surface area (Å²) >= 11 is 15.6. The zero-order valence-electron chi connectivity index (χ0n) is 4.57. The van der Waals surface area contributed by atoms with Gasteiger partial charge in [0.1, 0.15) is 0 Å². The lowest BCUT2D eigenvalue weighted by molar-refractivity contribution is 0.00449. The molecular weight excluding hydrogens is 204 g/mol. The van der Waals surface area contributed by atoms with Gasteiger partial charge in [-0.25, -0.2) is 14.7 Å². The van der Waals surface area contributed by atoms with E-state index in [-0.39, 0.29) is 5.88 Å². The number of carbonyl (C=O) groups excluding carboxylic acids is 1. The second-order valence-electron chi connectivity index (χ2n) is 1.26. The van der Waals surface area contributed by atoms with Crippen molar-refractivity contribution in [1.29, 1.82) is 0 Å². The van der Waals surface area contributed by atoms with E-state index in [2.05, 4.69) is 4.84 Å². The van der Waals surface area contributed by atoms with Gasteiger partial charge in [-0.15, -0.1) is 11.6 Å². The number of hydrogen-bond acceptors (Lipinski definition) is 2. The van der Waals surface area contributed by atoms with Gasteiger partial charge in [0.2, 0.25) is 0 Å². The number of carbonyl (C=O) groups is 1. The first-order chi connectivity index (χ1) is 4.48. The van der Waals surface area contributed by atoms with E-state index < -0.39 is 10.6 Å². The van der Waals surface area contributed by atoms with Crippen LogP contribution >= 0.6 is 34.8 Å². The lowest BCUT2D eigenvalue weighted by atomic mass is 10.8. The standard InChI is InChI=1S/C3H3Cl3NO3/c4-1-3(5,6)10-7-2(8)9/h7H,1H2. The van der Waals surface area contributed by atoms with Gasteiger partial charge in [0.05, 0.1) is 5.88 Å². The second kappa shape index (κ2) is 4.08. The first kappa shape index (κ1) is 10.1. The molecule has 0 rings (SSSR count). The highest BCUT2D eigenvalue weighted by Crippen LogP contribution is 2.22. The molecule has 10 heavy (non-hydrogen) atoms. The Morgan fingerprint density at radius 2 is 2.10 bits per heavy atom. The minimum absolute atomic E-state index is 0.267. The molecule has 0 aromatic carbocycles. The van der Waals surface area contributed by atoms with Gasteiger partial charge >= 0.3 is 6.09 Å².